The van der Waals surface area contributed by atoms with Crippen molar-refractivity contribution < 1.29 is 24.3 Å². The summed E-state index contributed by atoms with van der Waals surface area (Å²) in [6.07, 6.45) is 7.97. The minimum absolute atomic E-state index is 0.0299. The smallest absolute Gasteiger partial charge is 0.315 e. The average Bonchev–Trinajstić information content (AvgIpc) is 3.24. The maximum absolute atomic E-state index is 12.6. The van der Waals surface area contributed by atoms with Crippen LogP contribution in [0.2, 0.25) is 0 Å². The highest BCUT2D eigenvalue weighted by Crippen LogP contribution is 2.52. The molecule has 2 aliphatic heterocycles. The molecule has 1 aromatic carbocycles. The van der Waals surface area contributed by atoms with Crippen molar-refractivity contribution in [3.05, 3.63) is 47.1 Å². The van der Waals surface area contributed by atoms with E-state index in [0.29, 0.717) is 6.79 Å². The molecule has 28 heavy (non-hydrogen) atoms. The summed E-state index contributed by atoms with van der Waals surface area (Å²) in [5, 5.41) is 2.21. The van der Waals surface area contributed by atoms with E-state index in [9.17, 15) is 4.79 Å². The number of benzene rings is 1. The molecule has 1 saturated heterocycles. The number of carbonyl (C=O) groups is 1. The molecule has 5 rings (SSSR count). The number of nitrogens with two attached hydrogens (primary N) is 1. The van der Waals surface area contributed by atoms with Gasteiger partial charge in [-0.15, -0.1) is 0 Å². The Labute approximate surface area is 165 Å². The van der Waals surface area contributed by atoms with E-state index in [1.165, 1.54) is 16.7 Å². The van der Waals surface area contributed by atoms with Gasteiger partial charge in [0.25, 0.3) is 0 Å². The van der Waals surface area contributed by atoms with Crippen LogP contribution in [-0.4, -0.2) is 25.4 Å². The van der Waals surface area contributed by atoms with Gasteiger partial charge in [-0.25, -0.2) is 0 Å². The number of hydrogen-bond donors (Lipinski definition) is 1. The molecule has 0 saturated carbocycles. The molecule has 4 atom stereocenters. The molecule has 5 heteroatoms. The largest absolute Gasteiger partial charge is 0.461 e. The lowest BCUT2D eigenvalue weighted by molar-refractivity contribution is -0.674. The molecule has 148 valence electrons. The van der Waals surface area contributed by atoms with Crippen LogP contribution >= 0.6 is 0 Å². The Bertz CT molecular complexity index is 873. The van der Waals surface area contributed by atoms with E-state index in [-0.39, 0.29) is 29.3 Å². The van der Waals surface area contributed by atoms with Crippen LogP contribution < -0.4 is 14.8 Å². The van der Waals surface area contributed by atoms with Crippen molar-refractivity contribution in [2.24, 2.45) is 17.3 Å². The maximum atomic E-state index is 12.6. The quantitative estimate of drug-likeness (QED) is 0.814. The number of ether oxygens (including phenoxy) is 3. The van der Waals surface area contributed by atoms with E-state index < -0.39 is 0 Å². The molecular weight excluding hydrogens is 354 g/mol. The number of quaternary nitrogens is 1. The molecule has 0 bridgehead atoms. The first-order valence-electron chi connectivity index (χ1n) is 10.3. The van der Waals surface area contributed by atoms with E-state index in [1.54, 1.807) is 0 Å². The van der Waals surface area contributed by atoms with Crippen LogP contribution in [0.3, 0.4) is 0 Å². The molecule has 0 spiro atoms. The molecule has 0 amide bonds. The van der Waals surface area contributed by atoms with Crippen LogP contribution in [0.15, 0.2) is 41.5 Å². The van der Waals surface area contributed by atoms with E-state index in [4.69, 9.17) is 14.2 Å². The second kappa shape index (κ2) is 6.66. The fourth-order valence-corrected chi connectivity index (χ4v) is 5.39. The molecule has 1 aromatic rings. The minimum atomic E-state index is -0.0641. The summed E-state index contributed by atoms with van der Waals surface area (Å²) in [5.74, 6) is 1.72. The minimum Gasteiger partial charge on any atom is -0.461 e. The van der Waals surface area contributed by atoms with Gasteiger partial charge in [-0.1, -0.05) is 24.6 Å². The summed E-state index contributed by atoms with van der Waals surface area (Å²) < 4.78 is 16.7. The molecule has 2 N–H and O–H groups in total. The Morgan fingerprint density at radius 1 is 1.25 bits per heavy atom. The van der Waals surface area contributed by atoms with Crippen LogP contribution in [0.5, 0.6) is 11.5 Å². The Morgan fingerprint density at radius 2 is 2.11 bits per heavy atom. The lowest BCUT2D eigenvalue weighted by Crippen LogP contribution is -2.84. The summed E-state index contributed by atoms with van der Waals surface area (Å²) in [4.78, 5) is 12.6. The normalized spacial score (nSPS) is 32.9. The lowest BCUT2D eigenvalue weighted by Gasteiger charge is -2.42. The molecule has 2 heterocycles. The van der Waals surface area contributed by atoms with Crippen LogP contribution in [0.1, 0.15) is 38.7 Å². The van der Waals surface area contributed by atoms with E-state index in [2.05, 4.69) is 37.4 Å². The molecule has 0 unspecified atom stereocenters. The third-order valence-corrected chi connectivity index (χ3v) is 6.93. The molecular formula is C23H28NO4+. The lowest BCUT2D eigenvalue weighted by atomic mass is 9.62. The summed E-state index contributed by atoms with van der Waals surface area (Å²) in [7, 11) is 0. The molecule has 0 radical (unpaired) electrons. The van der Waals surface area contributed by atoms with Crippen molar-refractivity contribution in [1.82, 2.24) is 0 Å². The Morgan fingerprint density at radius 3 is 3.00 bits per heavy atom. The molecule has 4 aliphatic rings. The predicted octanol–water partition coefficient (Wildman–Crippen LogP) is 2.71. The second-order valence-electron chi connectivity index (χ2n) is 8.85. The molecule has 0 aromatic heterocycles. The highest BCUT2D eigenvalue weighted by molar-refractivity contribution is 5.76. The number of rotatable bonds is 4. The monoisotopic (exact) mass is 382 g/mol. The zero-order chi connectivity index (χ0) is 19.3. The fourth-order valence-electron chi connectivity index (χ4n) is 5.39. The fraction of sp³-hybridized carbons (Fsp3) is 0.522. The number of esters is 1. The van der Waals surface area contributed by atoms with Gasteiger partial charge >= 0.3 is 5.97 Å². The van der Waals surface area contributed by atoms with Gasteiger partial charge in [0.1, 0.15) is 18.6 Å². The zero-order valence-corrected chi connectivity index (χ0v) is 16.6. The SMILES string of the molecule is CC1=CCC[C@]2(C)C[C@H]3OC(=O)[C@@H](C[NH2+]Cc4ccc5c(c4)OCO5)[C@H]3C=C12. The number of fused-ring (bicyclic) bond motifs is 3. The van der Waals surface area contributed by atoms with Gasteiger partial charge in [0.2, 0.25) is 6.79 Å². The van der Waals surface area contributed by atoms with Crippen molar-refractivity contribution in [1.29, 1.82) is 0 Å². The van der Waals surface area contributed by atoms with Gasteiger partial charge < -0.3 is 19.5 Å². The first-order chi connectivity index (χ1) is 13.5. The second-order valence-corrected chi connectivity index (χ2v) is 8.85. The van der Waals surface area contributed by atoms with Crippen molar-refractivity contribution >= 4 is 5.97 Å². The topological polar surface area (TPSA) is 61.4 Å². The van der Waals surface area contributed by atoms with Gasteiger partial charge in [0.05, 0.1) is 6.54 Å². The Kier molecular flexibility index (Phi) is 4.23. The van der Waals surface area contributed by atoms with Gasteiger partial charge in [-0.2, -0.15) is 0 Å². The Balaban J connectivity index is 1.28. The molecule has 5 nitrogen and oxygen atoms in total. The van der Waals surface area contributed by atoms with Crippen molar-refractivity contribution in [3.8, 4) is 11.5 Å². The summed E-state index contributed by atoms with van der Waals surface area (Å²) >= 11 is 0. The van der Waals surface area contributed by atoms with Crippen molar-refractivity contribution in [2.75, 3.05) is 13.3 Å². The zero-order valence-electron chi connectivity index (χ0n) is 16.6. The van der Waals surface area contributed by atoms with Crippen LogP contribution in [0.4, 0.5) is 0 Å². The van der Waals surface area contributed by atoms with Gasteiger partial charge in [-0.05, 0) is 55.4 Å². The number of hydrogen-bond acceptors (Lipinski definition) is 4. The highest BCUT2D eigenvalue weighted by Gasteiger charge is 2.51. The third kappa shape index (κ3) is 2.93. The highest BCUT2D eigenvalue weighted by atomic mass is 16.7. The van der Waals surface area contributed by atoms with Gasteiger partial charge in [0.15, 0.2) is 11.5 Å². The maximum Gasteiger partial charge on any atom is 0.315 e. The van der Waals surface area contributed by atoms with Crippen molar-refractivity contribution in [3.63, 3.8) is 0 Å². The van der Waals surface area contributed by atoms with Gasteiger partial charge in [0, 0.05) is 11.5 Å². The average molecular weight is 382 g/mol. The number of allylic oxidation sites excluding steroid dienone is 3. The summed E-state index contributed by atoms with van der Waals surface area (Å²) in [6.45, 7) is 6.39. The molecule has 1 fully saturated rings. The van der Waals surface area contributed by atoms with E-state index in [1.807, 2.05) is 12.1 Å². The van der Waals surface area contributed by atoms with Crippen LogP contribution in [0.25, 0.3) is 0 Å². The number of carbonyl (C=O) groups excluding carboxylic acids is 1. The van der Waals surface area contributed by atoms with Crippen LogP contribution in [0, 0.1) is 17.3 Å². The first-order valence-corrected chi connectivity index (χ1v) is 10.3. The standard InChI is InChI=1S/C23H27NO4/c1-14-4-3-7-23(2)10-21-16(9-18(14)23)17(22(25)28-21)12-24-11-15-5-6-19-20(8-15)27-13-26-19/h4-6,8-9,16-17,21,24H,3,7,10-13H2,1-2H3/p+1/t16-,17+,21-,23-/m1/s1. The first kappa shape index (κ1) is 17.8. The van der Waals surface area contributed by atoms with Crippen LogP contribution in [-0.2, 0) is 16.1 Å². The Hall–Kier alpha value is -2.27. The predicted molar refractivity (Wildman–Crippen MR) is 104 cm³/mol. The van der Waals surface area contributed by atoms with E-state index >= 15 is 0 Å². The summed E-state index contributed by atoms with van der Waals surface area (Å²) in [6, 6.07) is 6.04. The summed E-state index contributed by atoms with van der Waals surface area (Å²) in [5.41, 5.74) is 4.16. The van der Waals surface area contributed by atoms with Crippen molar-refractivity contribution in [2.45, 2.75) is 45.8 Å². The van der Waals surface area contributed by atoms with Gasteiger partial charge in [-0.3, -0.25) is 4.79 Å². The molecule has 2 aliphatic carbocycles. The van der Waals surface area contributed by atoms with E-state index in [0.717, 1.165) is 43.9 Å². The third-order valence-electron chi connectivity index (χ3n) is 6.93.